The Morgan fingerprint density at radius 2 is 2.04 bits per heavy atom. The van der Waals surface area contributed by atoms with E-state index in [9.17, 15) is 5.11 Å². The Balaban J connectivity index is 1.49. The predicted octanol–water partition coefficient (Wildman–Crippen LogP) is 4.33. The van der Waals surface area contributed by atoms with E-state index in [-0.39, 0.29) is 12.5 Å². The van der Waals surface area contributed by atoms with Gasteiger partial charge in [-0.2, -0.15) is 5.10 Å². The fraction of sp³-hybridized carbons (Fsp3) is 0.0526. The summed E-state index contributed by atoms with van der Waals surface area (Å²) in [4.78, 5) is 4.24. The van der Waals surface area contributed by atoms with Crippen molar-refractivity contribution in [2.24, 2.45) is 0 Å². The SMILES string of the molecule is Oc1cccc(Oc2ccc(Cl)cc2NCOc2cnn3cccnc23)c1. The number of hydrogen-bond acceptors (Lipinski definition) is 6. The van der Waals surface area contributed by atoms with Gasteiger partial charge in [-0.1, -0.05) is 17.7 Å². The minimum Gasteiger partial charge on any atom is -0.508 e. The van der Waals surface area contributed by atoms with Crippen LogP contribution in [0.15, 0.2) is 67.1 Å². The maximum atomic E-state index is 9.59. The number of phenols is 1. The highest BCUT2D eigenvalue weighted by Gasteiger charge is 2.09. The molecule has 0 aliphatic carbocycles. The molecule has 2 aromatic carbocycles. The van der Waals surface area contributed by atoms with Gasteiger partial charge >= 0.3 is 0 Å². The number of halogens is 1. The average molecular weight is 383 g/mol. The van der Waals surface area contributed by atoms with E-state index >= 15 is 0 Å². The lowest BCUT2D eigenvalue weighted by Gasteiger charge is -2.14. The topological polar surface area (TPSA) is 80.9 Å². The summed E-state index contributed by atoms with van der Waals surface area (Å²) >= 11 is 6.10. The predicted molar refractivity (Wildman–Crippen MR) is 102 cm³/mol. The van der Waals surface area contributed by atoms with Crippen LogP contribution in [0.3, 0.4) is 0 Å². The zero-order valence-electron chi connectivity index (χ0n) is 14.0. The van der Waals surface area contributed by atoms with E-state index in [0.29, 0.717) is 33.6 Å². The molecule has 0 saturated carbocycles. The summed E-state index contributed by atoms with van der Waals surface area (Å²) in [5.74, 6) is 1.74. The minimum atomic E-state index is 0.125. The molecular weight excluding hydrogens is 368 g/mol. The molecule has 2 N–H and O–H groups in total. The number of aromatic nitrogens is 3. The summed E-state index contributed by atoms with van der Waals surface area (Å²) < 4.78 is 13.2. The Hall–Kier alpha value is -3.45. The third kappa shape index (κ3) is 3.88. The second-order valence-electron chi connectivity index (χ2n) is 5.60. The van der Waals surface area contributed by atoms with Crippen LogP contribution in [0.1, 0.15) is 0 Å². The van der Waals surface area contributed by atoms with Crippen LogP contribution in [0.25, 0.3) is 5.65 Å². The number of nitrogens with one attached hydrogen (secondary N) is 1. The Morgan fingerprint density at radius 3 is 2.93 bits per heavy atom. The largest absolute Gasteiger partial charge is 0.508 e. The maximum absolute atomic E-state index is 9.59. The van der Waals surface area contributed by atoms with Crippen LogP contribution in [0.2, 0.25) is 5.02 Å². The molecule has 2 heterocycles. The standard InChI is InChI=1S/C19H15ClN4O3/c20-13-5-6-17(27-15-4-1-3-14(25)10-15)16(9-13)22-12-26-18-11-23-24-8-2-7-21-19(18)24/h1-11,22,25H,12H2. The molecule has 0 saturated heterocycles. The van der Waals surface area contributed by atoms with Crippen LogP contribution in [-0.4, -0.2) is 26.4 Å². The van der Waals surface area contributed by atoms with Gasteiger partial charge in [0.05, 0.1) is 11.9 Å². The van der Waals surface area contributed by atoms with Crippen molar-refractivity contribution in [2.75, 3.05) is 12.0 Å². The number of hydrogen-bond donors (Lipinski definition) is 2. The van der Waals surface area contributed by atoms with E-state index in [4.69, 9.17) is 21.1 Å². The molecule has 0 unspecified atom stereocenters. The van der Waals surface area contributed by atoms with Crippen molar-refractivity contribution >= 4 is 22.9 Å². The monoisotopic (exact) mass is 382 g/mol. The van der Waals surface area contributed by atoms with Crippen molar-refractivity contribution in [3.63, 3.8) is 0 Å². The minimum absolute atomic E-state index is 0.125. The highest BCUT2D eigenvalue weighted by molar-refractivity contribution is 6.30. The molecule has 0 bridgehead atoms. The van der Waals surface area contributed by atoms with Crippen LogP contribution < -0.4 is 14.8 Å². The molecule has 0 amide bonds. The average Bonchev–Trinajstić information content (AvgIpc) is 3.07. The van der Waals surface area contributed by atoms with Crippen molar-refractivity contribution in [2.45, 2.75) is 0 Å². The normalized spacial score (nSPS) is 10.7. The van der Waals surface area contributed by atoms with Gasteiger partial charge in [0.15, 0.2) is 23.9 Å². The van der Waals surface area contributed by atoms with Crippen LogP contribution in [0, 0.1) is 0 Å². The van der Waals surface area contributed by atoms with E-state index in [2.05, 4.69) is 15.4 Å². The highest BCUT2D eigenvalue weighted by atomic mass is 35.5. The molecule has 2 aromatic heterocycles. The van der Waals surface area contributed by atoms with E-state index in [1.54, 1.807) is 65.6 Å². The number of phenolic OH excluding ortho intramolecular Hbond substituents is 1. The van der Waals surface area contributed by atoms with Gasteiger partial charge in [-0.25, -0.2) is 9.50 Å². The van der Waals surface area contributed by atoms with Crippen molar-refractivity contribution in [1.29, 1.82) is 0 Å². The molecule has 0 aliphatic rings. The van der Waals surface area contributed by atoms with E-state index < -0.39 is 0 Å². The van der Waals surface area contributed by atoms with Crippen molar-refractivity contribution < 1.29 is 14.6 Å². The zero-order valence-corrected chi connectivity index (χ0v) is 14.8. The quantitative estimate of drug-likeness (QED) is 0.483. The van der Waals surface area contributed by atoms with Gasteiger partial charge in [-0.05, 0) is 36.4 Å². The molecule has 8 heteroatoms. The Morgan fingerprint density at radius 1 is 1.11 bits per heavy atom. The fourth-order valence-electron chi connectivity index (χ4n) is 2.50. The summed E-state index contributed by atoms with van der Waals surface area (Å²) in [6.07, 6.45) is 5.07. The summed E-state index contributed by atoms with van der Waals surface area (Å²) in [7, 11) is 0. The van der Waals surface area contributed by atoms with Crippen molar-refractivity contribution in [3.05, 3.63) is 72.1 Å². The lowest BCUT2D eigenvalue weighted by Crippen LogP contribution is -2.09. The summed E-state index contributed by atoms with van der Waals surface area (Å²) in [6, 6.07) is 13.5. The molecule has 7 nitrogen and oxygen atoms in total. The van der Waals surface area contributed by atoms with Gasteiger partial charge in [-0.15, -0.1) is 0 Å². The molecule has 0 aliphatic heterocycles. The van der Waals surface area contributed by atoms with Crippen LogP contribution >= 0.6 is 11.6 Å². The van der Waals surface area contributed by atoms with E-state index in [0.717, 1.165) is 0 Å². The van der Waals surface area contributed by atoms with Crippen molar-refractivity contribution in [3.8, 4) is 23.0 Å². The lowest BCUT2D eigenvalue weighted by atomic mass is 10.3. The van der Waals surface area contributed by atoms with Crippen LogP contribution in [-0.2, 0) is 0 Å². The Kier molecular flexibility index (Phi) is 4.67. The first-order valence-electron chi connectivity index (χ1n) is 8.10. The molecule has 4 rings (SSSR count). The number of ether oxygens (including phenoxy) is 2. The van der Waals surface area contributed by atoms with Gasteiger partial charge in [0, 0.05) is 23.5 Å². The lowest BCUT2D eigenvalue weighted by molar-refractivity contribution is 0.349. The Labute approximate surface area is 159 Å². The molecule has 0 fully saturated rings. The molecular formula is C19H15ClN4O3. The first-order valence-corrected chi connectivity index (χ1v) is 8.48. The van der Waals surface area contributed by atoms with Gasteiger partial charge < -0.3 is 19.9 Å². The smallest absolute Gasteiger partial charge is 0.198 e. The first kappa shape index (κ1) is 17.0. The maximum Gasteiger partial charge on any atom is 0.198 e. The first-order chi connectivity index (χ1) is 13.2. The van der Waals surface area contributed by atoms with E-state index in [1.807, 2.05) is 0 Å². The molecule has 0 radical (unpaired) electrons. The highest BCUT2D eigenvalue weighted by Crippen LogP contribution is 2.33. The third-order valence-electron chi connectivity index (χ3n) is 3.72. The number of nitrogens with zero attached hydrogens (tertiary/aromatic N) is 3. The fourth-order valence-corrected chi connectivity index (χ4v) is 2.67. The van der Waals surface area contributed by atoms with Gasteiger partial charge in [0.25, 0.3) is 0 Å². The van der Waals surface area contributed by atoms with Crippen molar-refractivity contribution in [1.82, 2.24) is 14.6 Å². The van der Waals surface area contributed by atoms with Crippen LogP contribution in [0.4, 0.5) is 5.69 Å². The van der Waals surface area contributed by atoms with Gasteiger partial charge in [0.1, 0.15) is 11.5 Å². The number of benzene rings is 2. The summed E-state index contributed by atoms with van der Waals surface area (Å²) in [6.45, 7) is 0.161. The van der Waals surface area contributed by atoms with Crippen LogP contribution in [0.5, 0.6) is 23.0 Å². The summed E-state index contributed by atoms with van der Waals surface area (Å²) in [5, 5.41) is 17.4. The molecule has 0 atom stereocenters. The second kappa shape index (κ2) is 7.43. The molecule has 27 heavy (non-hydrogen) atoms. The molecule has 136 valence electrons. The van der Waals surface area contributed by atoms with Gasteiger partial charge in [-0.3, -0.25) is 0 Å². The zero-order chi connectivity index (χ0) is 18.6. The second-order valence-corrected chi connectivity index (χ2v) is 6.04. The Bertz CT molecular complexity index is 1080. The summed E-state index contributed by atoms with van der Waals surface area (Å²) in [5.41, 5.74) is 1.27. The number of anilines is 1. The molecule has 0 spiro atoms. The number of fused-ring (bicyclic) bond motifs is 1. The third-order valence-corrected chi connectivity index (χ3v) is 3.96. The van der Waals surface area contributed by atoms with E-state index in [1.165, 1.54) is 6.07 Å². The number of aromatic hydroxyl groups is 1. The van der Waals surface area contributed by atoms with Gasteiger partial charge in [0.2, 0.25) is 0 Å². The number of rotatable bonds is 6. The molecule has 4 aromatic rings.